The van der Waals surface area contributed by atoms with E-state index in [2.05, 4.69) is 15.6 Å². The van der Waals surface area contributed by atoms with Gasteiger partial charge in [-0.25, -0.2) is 0 Å². The second kappa shape index (κ2) is 13.7. The van der Waals surface area contributed by atoms with Crippen LogP contribution in [0.15, 0.2) is 53.5 Å². The van der Waals surface area contributed by atoms with E-state index in [1.165, 1.54) is 0 Å². The van der Waals surface area contributed by atoms with Gasteiger partial charge in [0.25, 0.3) is 5.91 Å². The third-order valence-electron chi connectivity index (χ3n) is 4.29. The summed E-state index contributed by atoms with van der Waals surface area (Å²) in [5, 5.41) is 6.17. The average Bonchev–Trinajstić information content (AvgIpc) is 2.76. The number of carbonyl (C=O) groups excluding carboxylic acids is 1. The smallest absolute Gasteiger partial charge is 0.251 e. The van der Waals surface area contributed by atoms with Crippen molar-refractivity contribution in [3.63, 3.8) is 0 Å². The van der Waals surface area contributed by atoms with Crippen molar-refractivity contribution in [2.75, 3.05) is 40.9 Å². The number of nitrogens with zero attached hydrogens (tertiary/aromatic N) is 2. The number of methoxy groups -OCH3 is 2. The number of carbonyl (C=O) groups is 1. The molecule has 2 aromatic rings. The number of guanidine groups is 1. The topological polar surface area (TPSA) is 75.2 Å². The van der Waals surface area contributed by atoms with Gasteiger partial charge in [-0.1, -0.05) is 24.3 Å². The minimum Gasteiger partial charge on any atom is -0.497 e. The van der Waals surface area contributed by atoms with Crippen molar-refractivity contribution >= 4 is 35.8 Å². The zero-order valence-electron chi connectivity index (χ0n) is 18.0. The number of para-hydroxylation sites is 1. The maximum Gasteiger partial charge on any atom is 0.251 e. The maximum atomic E-state index is 12.3. The van der Waals surface area contributed by atoms with Crippen molar-refractivity contribution < 1.29 is 14.3 Å². The molecule has 2 N–H and O–H groups in total. The molecule has 0 unspecified atom stereocenters. The standard InChI is InChI=1S/C22H30N4O3.HI/c1-5-23-22(26(2)16-18-9-6-7-12-20(18)29-4)25-14-13-24-21(27)17-10-8-11-19(15-17)28-3;/h6-12,15H,5,13-14,16H2,1-4H3,(H,23,25)(H,24,27);1H. The van der Waals surface area contributed by atoms with Crippen molar-refractivity contribution in [1.82, 2.24) is 15.5 Å². The molecule has 0 aliphatic heterocycles. The summed E-state index contributed by atoms with van der Waals surface area (Å²) < 4.78 is 10.6. The third kappa shape index (κ3) is 7.74. The van der Waals surface area contributed by atoms with Gasteiger partial charge >= 0.3 is 0 Å². The lowest BCUT2D eigenvalue weighted by molar-refractivity contribution is 0.0954. The molecule has 0 radical (unpaired) electrons. The summed E-state index contributed by atoms with van der Waals surface area (Å²) in [7, 11) is 5.22. The normalized spacial score (nSPS) is 10.6. The molecule has 2 aromatic carbocycles. The summed E-state index contributed by atoms with van der Waals surface area (Å²) in [5.74, 6) is 2.13. The monoisotopic (exact) mass is 526 g/mol. The molecule has 0 heterocycles. The van der Waals surface area contributed by atoms with E-state index >= 15 is 0 Å². The van der Waals surface area contributed by atoms with Gasteiger partial charge in [0.2, 0.25) is 0 Å². The van der Waals surface area contributed by atoms with Crippen molar-refractivity contribution in [3.05, 3.63) is 59.7 Å². The van der Waals surface area contributed by atoms with Crippen LogP contribution in [0.5, 0.6) is 11.5 Å². The van der Waals surface area contributed by atoms with E-state index in [1.54, 1.807) is 38.5 Å². The molecule has 8 heteroatoms. The first kappa shape index (κ1) is 25.5. The Bertz CT molecular complexity index is 830. The van der Waals surface area contributed by atoms with Crippen LogP contribution in [-0.2, 0) is 6.54 Å². The lowest BCUT2D eigenvalue weighted by atomic mass is 10.2. The van der Waals surface area contributed by atoms with Gasteiger partial charge in [0, 0.05) is 37.8 Å². The zero-order valence-corrected chi connectivity index (χ0v) is 20.3. The van der Waals surface area contributed by atoms with Crippen LogP contribution >= 0.6 is 24.0 Å². The Morgan fingerprint density at radius 2 is 1.83 bits per heavy atom. The van der Waals surface area contributed by atoms with Crippen molar-refractivity contribution in [1.29, 1.82) is 0 Å². The van der Waals surface area contributed by atoms with Crippen LogP contribution in [0.2, 0.25) is 0 Å². The van der Waals surface area contributed by atoms with Crippen molar-refractivity contribution in [2.45, 2.75) is 13.5 Å². The first-order chi connectivity index (χ1) is 14.1. The summed E-state index contributed by atoms with van der Waals surface area (Å²) in [6, 6.07) is 15.0. The van der Waals surface area contributed by atoms with Gasteiger partial charge in [0.1, 0.15) is 11.5 Å². The highest BCUT2D eigenvalue weighted by atomic mass is 127. The molecule has 164 valence electrons. The average molecular weight is 526 g/mol. The molecule has 0 aliphatic rings. The molecule has 0 saturated carbocycles. The summed E-state index contributed by atoms with van der Waals surface area (Å²) >= 11 is 0. The summed E-state index contributed by atoms with van der Waals surface area (Å²) in [5.41, 5.74) is 1.64. The first-order valence-corrected chi connectivity index (χ1v) is 9.62. The first-order valence-electron chi connectivity index (χ1n) is 9.62. The minimum absolute atomic E-state index is 0. The molecule has 0 aromatic heterocycles. The van der Waals surface area contributed by atoms with E-state index in [-0.39, 0.29) is 29.9 Å². The van der Waals surface area contributed by atoms with Crippen LogP contribution in [0.4, 0.5) is 0 Å². The van der Waals surface area contributed by atoms with Gasteiger partial charge < -0.3 is 25.0 Å². The molecule has 0 aliphatic carbocycles. The highest BCUT2D eigenvalue weighted by Crippen LogP contribution is 2.18. The maximum absolute atomic E-state index is 12.3. The second-order valence-corrected chi connectivity index (χ2v) is 6.39. The number of halogens is 1. The number of ether oxygens (including phenoxy) is 2. The lowest BCUT2D eigenvalue weighted by Crippen LogP contribution is -2.39. The quantitative estimate of drug-likeness (QED) is 0.227. The molecule has 0 fully saturated rings. The second-order valence-electron chi connectivity index (χ2n) is 6.39. The highest BCUT2D eigenvalue weighted by molar-refractivity contribution is 14.0. The van der Waals surface area contributed by atoms with Crippen LogP contribution < -0.4 is 20.1 Å². The molecule has 0 atom stereocenters. The fourth-order valence-electron chi connectivity index (χ4n) is 2.83. The number of hydrogen-bond acceptors (Lipinski definition) is 4. The highest BCUT2D eigenvalue weighted by Gasteiger charge is 2.10. The number of hydrogen-bond donors (Lipinski definition) is 2. The fourth-order valence-corrected chi connectivity index (χ4v) is 2.83. The predicted octanol–water partition coefficient (Wildman–Crippen LogP) is 3.15. The number of benzene rings is 2. The molecule has 2 rings (SSSR count). The van der Waals surface area contributed by atoms with E-state index in [0.29, 0.717) is 30.9 Å². The zero-order chi connectivity index (χ0) is 21.1. The molecular formula is C22H31IN4O3. The van der Waals surface area contributed by atoms with E-state index < -0.39 is 0 Å². The van der Waals surface area contributed by atoms with Crippen molar-refractivity contribution in [3.8, 4) is 11.5 Å². The summed E-state index contributed by atoms with van der Waals surface area (Å²) in [4.78, 5) is 18.9. The van der Waals surface area contributed by atoms with Crippen LogP contribution in [0, 0.1) is 0 Å². The summed E-state index contributed by atoms with van der Waals surface area (Å²) in [6.45, 7) is 4.34. The Labute approximate surface area is 195 Å². The Balaban J connectivity index is 0.00000450. The largest absolute Gasteiger partial charge is 0.497 e. The van der Waals surface area contributed by atoms with Crippen LogP contribution in [0.3, 0.4) is 0 Å². The van der Waals surface area contributed by atoms with E-state index in [0.717, 1.165) is 23.8 Å². The van der Waals surface area contributed by atoms with Gasteiger partial charge in [-0.3, -0.25) is 9.79 Å². The van der Waals surface area contributed by atoms with Gasteiger partial charge in [0.15, 0.2) is 5.96 Å². The van der Waals surface area contributed by atoms with Gasteiger partial charge in [-0.05, 0) is 31.2 Å². The molecule has 0 bridgehead atoms. The Morgan fingerprint density at radius 3 is 2.53 bits per heavy atom. The van der Waals surface area contributed by atoms with E-state index in [9.17, 15) is 4.79 Å². The summed E-state index contributed by atoms with van der Waals surface area (Å²) in [6.07, 6.45) is 0. The van der Waals surface area contributed by atoms with Crippen LogP contribution in [-0.4, -0.2) is 57.7 Å². The Kier molecular flexibility index (Phi) is 11.7. The van der Waals surface area contributed by atoms with Crippen LogP contribution in [0.25, 0.3) is 0 Å². The number of nitrogens with one attached hydrogen (secondary N) is 2. The molecule has 7 nitrogen and oxygen atoms in total. The number of amides is 1. The fraction of sp³-hybridized carbons (Fsp3) is 0.364. The number of rotatable bonds is 9. The van der Waals surface area contributed by atoms with E-state index in [1.807, 2.05) is 43.1 Å². The molecule has 1 amide bonds. The minimum atomic E-state index is -0.147. The van der Waals surface area contributed by atoms with Crippen molar-refractivity contribution in [2.24, 2.45) is 4.99 Å². The molecule has 0 saturated heterocycles. The van der Waals surface area contributed by atoms with Gasteiger partial charge in [0.05, 0.1) is 20.8 Å². The van der Waals surface area contributed by atoms with Gasteiger partial charge in [-0.15, -0.1) is 24.0 Å². The predicted molar refractivity (Wildman–Crippen MR) is 131 cm³/mol. The molecule has 30 heavy (non-hydrogen) atoms. The molecular weight excluding hydrogens is 495 g/mol. The van der Waals surface area contributed by atoms with E-state index in [4.69, 9.17) is 9.47 Å². The lowest BCUT2D eigenvalue weighted by Gasteiger charge is -2.23. The Hall–Kier alpha value is -2.49. The SMILES string of the molecule is CCNC(=NCCNC(=O)c1cccc(OC)c1)N(C)Cc1ccccc1OC.I. The van der Waals surface area contributed by atoms with Crippen LogP contribution in [0.1, 0.15) is 22.8 Å². The Morgan fingerprint density at radius 1 is 1.07 bits per heavy atom. The molecule has 0 spiro atoms. The van der Waals surface area contributed by atoms with Gasteiger partial charge in [-0.2, -0.15) is 0 Å². The third-order valence-corrected chi connectivity index (χ3v) is 4.29. The number of aliphatic imine (C=N–C) groups is 1.